The van der Waals surface area contributed by atoms with Crippen LogP contribution in [0.15, 0.2) is 59.8 Å². The van der Waals surface area contributed by atoms with E-state index in [1.807, 2.05) is 24.3 Å². The van der Waals surface area contributed by atoms with Crippen molar-refractivity contribution < 1.29 is 4.79 Å². The van der Waals surface area contributed by atoms with E-state index in [1.54, 1.807) is 0 Å². The molecule has 0 unspecified atom stereocenters. The zero-order valence-corrected chi connectivity index (χ0v) is 16.1. The molecule has 5 heteroatoms. The Morgan fingerprint density at radius 3 is 2.62 bits per heavy atom. The lowest BCUT2D eigenvalue weighted by atomic mass is 10.1. The SMILES string of the molecule is CC(C)CNC(=O)CSc1nc2ccccc2n1CCc1ccccc1. The number of aryl methyl sites for hydroxylation is 2. The van der Waals surface area contributed by atoms with Crippen LogP contribution in [0.25, 0.3) is 11.0 Å². The number of hydrogen-bond donors (Lipinski definition) is 1. The van der Waals surface area contributed by atoms with Gasteiger partial charge < -0.3 is 9.88 Å². The third-order valence-corrected chi connectivity index (χ3v) is 5.10. The molecular formula is C21H25N3OS. The molecule has 0 saturated heterocycles. The van der Waals surface area contributed by atoms with Crippen molar-refractivity contribution in [2.75, 3.05) is 12.3 Å². The van der Waals surface area contributed by atoms with Gasteiger partial charge in [-0.1, -0.05) is 68.1 Å². The summed E-state index contributed by atoms with van der Waals surface area (Å²) in [6.45, 7) is 5.75. The first kappa shape index (κ1) is 18.5. The Hall–Kier alpha value is -2.27. The lowest BCUT2D eigenvalue weighted by Crippen LogP contribution is -2.28. The summed E-state index contributed by atoms with van der Waals surface area (Å²) < 4.78 is 2.22. The van der Waals surface area contributed by atoms with Crippen LogP contribution >= 0.6 is 11.8 Å². The van der Waals surface area contributed by atoms with Gasteiger partial charge in [0, 0.05) is 13.1 Å². The van der Waals surface area contributed by atoms with Crippen LogP contribution in [0.3, 0.4) is 0 Å². The van der Waals surface area contributed by atoms with Gasteiger partial charge in [-0.05, 0) is 30.0 Å². The number of rotatable bonds is 8. The number of aromatic nitrogens is 2. The summed E-state index contributed by atoms with van der Waals surface area (Å²) in [5.74, 6) is 0.909. The van der Waals surface area contributed by atoms with Crippen LogP contribution in [0.4, 0.5) is 0 Å². The van der Waals surface area contributed by atoms with E-state index < -0.39 is 0 Å². The first-order chi connectivity index (χ1) is 12.6. The molecule has 0 aliphatic carbocycles. The fourth-order valence-corrected chi connectivity index (χ4v) is 3.63. The third-order valence-electron chi connectivity index (χ3n) is 4.13. The molecule has 3 rings (SSSR count). The number of nitrogens with zero attached hydrogens (tertiary/aromatic N) is 2. The van der Waals surface area contributed by atoms with Crippen molar-refractivity contribution in [3.63, 3.8) is 0 Å². The summed E-state index contributed by atoms with van der Waals surface area (Å²) in [5.41, 5.74) is 3.40. The molecule has 0 aliphatic rings. The van der Waals surface area contributed by atoms with Crippen LogP contribution in [0.5, 0.6) is 0 Å². The van der Waals surface area contributed by atoms with Crippen molar-refractivity contribution in [3.05, 3.63) is 60.2 Å². The van der Waals surface area contributed by atoms with Crippen molar-refractivity contribution in [1.29, 1.82) is 0 Å². The quantitative estimate of drug-likeness (QED) is 0.609. The summed E-state index contributed by atoms with van der Waals surface area (Å²) in [6, 6.07) is 18.6. The maximum absolute atomic E-state index is 12.1. The first-order valence-electron chi connectivity index (χ1n) is 9.02. The maximum Gasteiger partial charge on any atom is 0.230 e. The number of para-hydroxylation sites is 2. The number of benzene rings is 2. The number of amides is 1. The fourth-order valence-electron chi connectivity index (χ4n) is 2.76. The van der Waals surface area contributed by atoms with Crippen LogP contribution in [0, 0.1) is 5.92 Å². The normalized spacial score (nSPS) is 11.2. The maximum atomic E-state index is 12.1. The van der Waals surface area contributed by atoms with E-state index >= 15 is 0 Å². The second-order valence-electron chi connectivity index (χ2n) is 6.76. The molecule has 0 fully saturated rings. The number of carbonyl (C=O) groups is 1. The number of nitrogens with one attached hydrogen (secondary N) is 1. The highest BCUT2D eigenvalue weighted by atomic mass is 32.2. The van der Waals surface area contributed by atoms with Gasteiger partial charge in [-0.15, -0.1) is 0 Å². The van der Waals surface area contributed by atoms with Gasteiger partial charge in [-0.3, -0.25) is 4.79 Å². The van der Waals surface area contributed by atoms with Gasteiger partial charge in [0.1, 0.15) is 0 Å². The van der Waals surface area contributed by atoms with E-state index in [1.165, 1.54) is 17.3 Å². The van der Waals surface area contributed by atoms with Gasteiger partial charge in [-0.2, -0.15) is 0 Å². The molecule has 1 amide bonds. The average Bonchev–Trinajstić information content (AvgIpc) is 3.01. The van der Waals surface area contributed by atoms with Gasteiger partial charge in [0.25, 0.3) is 0 Å². The number of thioether (sulfide) groups is 1. The lowest BCUT2D eigenvalue weighted by Gasteiger charge is -2.10. The van der Waals surface area contributed by atoms with Crippen LogP contribution in [0.1, 0.15) is 19.4 Å². The minimum absolute atomic E-state index is 0.0605. The second kappa shape index (κ2) is 8.90. The molecule has 3 aromatic rings. The van der Waals surface area contributed by atoms with Crippen LogP contribution < -0.4 is 5.32 Å². The molecule has 0 atom stereocenters. The van der Waals surface area contributed by atoms with Gasteiger partial charge in [0.15, 0.2) is 5.16 Å². The monoisotopic (exact) mass is 367 g/mol. The van der Waals surface area contributed by atoms with Crippen LogP contribution in [-0.4, -0.2) is 27.8 Å². The van der Waals surface area contributed by atoms with E-state index in [4.69, 9.17) is 4.98 Å². The molecule has 2 aromatic carbocycles. The van der Waals surface area contributed by atoms with Crippen molar-refractivity contribution in [2.24, 2.45) is 5.92 Å². The lowest BCUT2D eigenvalue weighted by molar-refractivity contribution is -0.118. The molecule has 1 aromatic heterocycles. The number of carbonyl (C=O) groups excluding carboxylic acids is 1. The Labute approximate surface area is 159 Å². The predicted octanol–water partition coefficient (Wildman–Crippen LogP) is 4.14. The molecule has 0 bridgehead atoms. The molecule has 1 heterocycles. The molecule has 0 radical (unpaired) electrons. The average molecular weight is 368 g/mol. The van der Waals surface area contributed by atoms with Crippen molar-refractivity contribution in [3.8, 4) is 0 Å². The van der Waals surface area contributed by atoms with Gasteiger partial charge in [0.05, 0.1) is 16.8 Å². The fraction of sp³-hybridized carbons (Fsp3) is 0.333. The van der Waals surface area contributed by atoms with Crippen molar-refractivity contribution in [1.82, 2.24) is 14.9 Å². The van der Waals surface area contributed by atoms with E-state index in [-0.39, 0.29) is 5.91 Å². The highest BCUT2D eigenvalue weighted by molar-refractivity contribution is 7.99. The smallest absolute Gasteiger partial charge is 0.230 e. The summed E-state index contributed by atoms with van der Waals surface area (Å²) >= 11 is 1.51. The Bertz CT molecular complexity index is 858. The van der Waals surface area contributed by atoms with Crippen LogP contribution in [0.2, 0.25) is 0 Å². The molecule has 1 N–H and O–H groups in total. The number of hydrogen-bond acceptors (Lipinski definition) is 3. The van der Waals surface area contributed by atoms with E-state index in [0.29, 0.717) is 18.2 Å². The predicted molar refractivity (Wildman–Crippen MR) is 108 cm³/mol. The van der Waals surface area contributed by atoms with E-state index in [2.05, 4.69) is 54.1 Å². The Balaban J connectivity index is 1.73. The molecule has 26 heavy (non-hydrogen) atoms. The van der Waals surface area contributed by atoms with Crippen LogP contribution in [-0.2, 0) is 17.8 Å². The van der Waals surface area contributed by atoms with Crippen molar-refractivity contribution in [2.45, 2.75) is 32.0 Å². The molecule has 4 nitrogen and oxygen atoms in total. The van der Waals surface area contributed by atoms with Gasteiger partial charge >= 0.3 is 0 Å². The topological polar surface area (TPSA) is 46.9 Å². The van der Waals surface area contributed by atoms with Gasteiger partial charge in [0.2, 0.25) is 5.91 Å². The summed E-state index contributed by atoms with van der Waals surface area (Å²) in [7, 11) is 0. The largest absolute Gasteiger partial charge is 0.355 e. The number of fused-ring (bicyclic) bond motifs is 1. The first-order valence-corrected chi connectivity index (χ1v) is 10.0. The minimum atomic E-state index is 0.0605. The standard InChI is InChI=1S/C21H25N3OS/c1-16(2)14-22-20(25)15-26-21-23-18-10-6-7-11-19(18)24(21)13-12-17-8-4-3-5-9-17/h3-11,16H,12-15H2,1-2H3,(H,22,25). The van der Waals surface area contributed by atoms with E-state index in [0.717, 1.165) is 29.2 Å². The zero-order valence-electron chi connectivity index (χ0n) is 15.3. The Kier molecular flexibility index (Phi) is 6.34. The second-order valence-corrected chi connectivity index (χ2v) is 7.70. The van der Waals surface area contributed by atoms with Gasteiger partial charge in [-0.25, -0.2) is 4.98 Å². The zero-order chi connectivity index (χ0) is 18.4. The summed E-state index contributed by atoms with van der Waals surface area (Å²) in [5, 5.41) is 3.87. The molecule has 136 valence electrons. The highest BCUT2D eigenvalue weighted by Gasteiger charge is 2.13. The molecule has 0 aliphatic heterocycles. The van der Waals surface area contributed by atoms with Crippen molar-refractivity contribution >= 4 is 28.7 Å². The Morgan fingerprint density at radius 2 is 1.85 bits per heavy atom. The minimum Gasteiger partial charge on any atom is -0.355 e. The summed E-state index contributed by atoms with van der Waals surface area (Å²) in [4.78, 5) is 16.8. The summed E-state index contributed by atoms with van der Waals surface area (Å²) in [6.07, 6.45) is 0.939. The number of imidazole rings is 1. The molecule has 0 spiro atoms. The van der Waals surface area contributed by atoms with E-state index in [9.17, 15) is 4.79 Å². The molecular weight excluding hydrogens is 342 g/mol. The third kappa shape index (κ3) is 4.88. The highest BCUT2D eigenvalue weighted by Crippen LogP contribution is 2.24. The Morgan fingerprint density at radius 1 is 1.12 bits per heavy atom. The molecule has 0 saturated carbocycles.